The number of aromatic nitrogens is 3. The molecule has 0 bridgehead atoms. The van der Waals surface area contributed by atoms with Gasteiger partial charge in [0.2, 0.25) is 0 Å². The Morgan fingerprint density at radius 3 is 3.16 bits per heavy atom. The molecule has 1 aliphatic rings. The zero-order valence-electron chi connectivity index (χ0n) is 11.2. The van der Waals surface area contributed by atoms with Crippen molar-refractivity contribution in [2.75, 3.05) is 19.7 Å². The summed E-state index contributed by atoms with van der Waals surface area (Å²) >= 11 is 0. The molecule has 1 atom stereocenters. The zero-order chi connectivity index (χ0) is 13.8. The fraction of sp³-hybridized carbons (Fsp3) is 0.727. The van der Waals surface area contributed by atoms with Gasteiger partial charge in [-0.1, -0.05) is 5.16 Å². The van der Waals surface area contributed by atoms with E-state index in [1.54, 1.807) is 6.33 Å². The third kappa shape index (κ3) is 3.21. The smallest absolute Gasteiger partial charge is 0.169 e. The first-order chi connectivity index (χ1) is 9.11. The van der Waals surface area contributed by atoms with Crippen LogP contribution in [0, 0.1) is 0 Å². The van der Waals surface area contributed by atoms with Crippen LogP contribution >= 0.6 is 0 Å². The molecule has 2 rings (SSSR count). The second-order valence-electron chi connectivity index (χ2n) is 4.83. The van der Waals surface area contributed by atoms with Crippen LogP contribution < -0.4 is 5.73 Å². The Kier molecular flexibility index (Phi) is 4.33. The van der Waals surface area contributed by atoms with Crippen LogP contribution in [0.5, 0.6) is 0 Å². The second kappa shape index (κ2) is 5.98. The van der Waals surface area contributed by atoms with E-state index >= 15 is 0 Å². The molecular weight excluding hydrogens is 248 g/mol. The minimum Gasteiger partial charge on any atom is -0.409 e. The van der Waals surface area contributed by atoms with Crippen molar-refractivity contribution in [3.05, 3.63) is 12.2 Å². The average molecular weight is 268 g/mol. The van der Waals surface area contributed by atoms with E-state index in [2.05, 4.69) is 34.0 Å². The quantitative estimate of drug-likeness (QED) is 0.339. The number of nitrogens with two attached hydrogens (primary N) is 1. The largest absolute Gasteiger partial charge is 0.409 e. The maximum Gasteiger partial charge on any atom is 0.169 e. The molecule has 1 fully saturated rings. The zero-order valence-corrected chi connectivity index (χ0v) is 11.2. The van der Waals surface area contributed by atoms with Crippen molar-refractivity contribution in [3.63, 3.8) is 0 Å². The molecule has 0 radical (unpaired) electrons. The summed E-state index contributed by atoms with van der Waals surface area (Å²) in [5.74, 6) is 1.02. The van der Waals surface area contributed by atoms with Crippen molar-refractivity contribution in [3.8, 4) is 0 Å². The van der Waals surface area contributed by atoms with Gasteiger partial charge in [-0.15, -0.1) is 0 Å². The predicted molar refractivity (Wildman–Crippen MR) is 68.8 cm³/mol. The summed E-state index contributed by atoms with van der Waals surface area (Å²) < 4.78 is 7.35. The van der Waals surface area contributed by atoms with Crippen molar-refractivity contribution < 1.29 is 9.94 Å². The van der Waals surface area contributed by atoms with Gasteiger partial charge in [0, 0.05) is 19.1 Å². The number of ether oxygens (including phenoxy) is 1. The van der Waals surface area contributed by atoms with Crippen molar-refractivity contribution in [1.29, 1.82) is 0 Å². The molecule has 1 unspecified atom stereocenters. The fourth-order valence-electron chi connectivity index (χ4n) is 2.11. The molecule has 3 N–H and O–H groups in total. The Bertz CT molecular complexity index is 444. The van der Waals surface area contributed by atoms with Crippen LogP contribution in [0.4, 0.5) is 0 Å². The molecule has 1 saturated heterocycles. The first kappa shape index (κ1) is 13.8. The van der Waals surface area contributed by atoms with Gasteiger partial charge in [0.15, 0.2) is 5.84 Å². The fourth-order valence-corrected chi connectivity index (χ4v) is 2.11. The first-order valence-corrected chi connectivity index (χ1v) is 6.31. The van der Waals surface area contributed by atoms with Gasteiger partial charge in [0.25, 0.3) is 0 Å². The predicted octanol–water partition coefficient (Wildman–Crippen LogP) is -0.194. The molecular formula is C11H20N6O2. The van der Waals surface area contributed by atoms with E-state index in [1.165, 1.54) is 0 Å². The third-order valence-electron chi connectivity index (χ3n) is 3.10. The van der Waals surface area contributed by atoms with E-state index in [1.807, 2.05) is 4.68 Å². The van der Waals surface area contributed by atoms with Gasteiger partial charge in [-0.25, -0.2) is 9.67 Å². The van der Waals surface area contributed by atoms with E-state index in [0.717, 1.165) is 12.4 Å². The van der Waals surface area contributed by atoms with Gasteiger partial charge in [0.05, 0.1) is 13.2 Å². The molecule has 8 nitrogen and oxygen atoms in total. The van der Waals surface area contributed by atoms with Gasteiger partial charge in [-0.3, -0.25) is 4.90 Å². The molecule has 0 aromatic carbocycles. The van der Waals surface area contributed by atoms with Crippen molar-refractivity contribution in [2.24, 2.45) is 10.9 Å². The van der Waals surface area contributed by atoms with E-state index in [0.29, 0.717) is 19.7 Å². The van der Waals surface area contributed by atoms with Crippen molar-refractivity contribution in [1.82, 2.24) is 19.7 Å². The third-order valence-corrected chi connectivity index (χ3v) is 3.10. The van der Waals surface area contributed by atoms with Gasteiger partial charge in [0.1, 0.15) is 18.3 Å². The Hall–Kier alpha value is -1.67. The molecule has 8 heteroatoms. The molecule has 2 heterocycles. The van der Waals surface area contributed by atoms with Gasteiger partial charge in [-0.2, -0.15) is 5.10 Å². The lowest BCUT2D eigenvalue weighted by Gasteiger charge is -2.31. The van der Waals surface area contributed by atoms with Crippen LogP contribution in [0.25, 0.3) is 0 Å². The Balaban J connectivity index is 2.01. The molecule has 0 amide bonds. The average Bonchev–Trinajstić information content (AvgIpc) is 2.86. The Morgan fingerprint density at radius 2 is 2.47 bits per heavy atom. The molecule has 1 aromatic rings. The van der Waals surface area contributed by atoms with E-state index in [-0.39, 0.29) is 18.0 Å². The minimum absolute atomic E-state index is 0.107. The molecule has 0 spiro atoms. The lowest BCUT2D eigenvalue weighted by atomic mass is 10.2. The lowest BCUT2D eigenvalue weighted by Crippen LogP contribution is -2.48. The SMILES string of the molecule is CC(C)n1ncnc1CN1CCOC(C(N)=NO)C1. The van der Waals surface area contributed by atoms with Gasteiger partial charge in [-0.05, 0) is 13.8 Å². The molecule has 0 aliphatic carbocycles. The number of rotatable bonds is 4. The van der Waals surface area contributed by atoms with E-state index < -0.39 is 0 Å². The molecule has 0 saturated carbocycles. The number of oxime groups is 1. The van der Waals surface area contributed by atoms with Crippen LogP contribution in [0.2, 0.25) is 0 Å². The summed E-state index contributed by atoms with van der Waals surface area (Å²) in [6.07, 6.45) is 1.20. The van der Waals surface area contributed by atoms with Crippen LogP contribution in [0.15, 0.2) is 11.5 Å². The van der Waals surface area contributed by atoms with Crippen LogP contribution in [-0.2, 0) is 11.3 Å². The summed E-state index contributed by atoms with van der Waals surface area (Å²) in [4.78, 5) is 6.44. The lowest BCUT2D eigenvalue weighted by molar-refractivity contribution is -0.0000797. The van der Waals surface area contributed by atoms with E-state index in [4.69, 9.17) is 15.7 Å². The minimum atomic E-state index is -0.367. The topological polar surface area (TPSA) is 102 Å². The van der Waals surface area contributed by atoms with Gasteiger partial charge < -0.3 is 15.7 Å². The molecule has 1 aliphatic heterocycles. The van der Waals surface area contributed by atoms with Crippen LogP contribution in [-0.4, -0.2) is 56.5 Å². The number of nitrogens with zero attached hydrogens (tertiary/aromatic N) is 5. The highest BCUT2D eigenvalue weighted by Crippen LogP contribution is 2.11. The van der Waals surface area contributed by atoms with Crippen LogP contribution in [0.3, 0.4) is 0 Å². The highest BCUT2D eigenvalue weighted by atomic mass is 16.5. The number of hydrogen-bond acceptors (Lipinski definition) is 6. The summed E-state index contributed by atoms with van der Waals surface area (Å²) in [5.41, 5.74) is 5.58. The summed E-state index contributed by atoms with van der Waals surface area (Å²) in [6.45, 7) is 6.74. The summed E-state index contributed by atoms with van der Waals surface area (Å²) in [7, 11) is 0. The van der Waals surface area contributed by atoms with Gasteiger partial charge >= 0.3 is 0 Å². The number of hydrogen-bond donors (Lipinski definition) is 2. The van der Waals surface area contributed by atoms with Crippen molar-refractivity contribution in [2.45, 2.75) is 32.5 Å². The standard InChI is InChI=1S/C11H20N6O2/c1-8(2)17-10(13-7-14-17)6-16-3-4-19-9(5-16)11(12)15-18/h7-9,18H,3-6H2,1-2H3,(H2,12,15). The van der Waals surface area contributed by atoms with E-state index in [9.17, 15) is 0 Å². The molecule has 106 valence electrons. The normalized spacial score (nSPS) is 22.1. The number of morpholine rings is 1. The Labute approximate surface area is 111 Å². The monoisotopic (exact) mass is 268 g/mol. The number of amidine groups is 1. The van der Waals surface area contributed by atoms with Crippen molar-refractivity contribution >= 4 is 5.84 Å². The maximum absolute atomic E-state index is 8.68. The highest BCUT2D eigenvalue weighted by molar-refractivity contribution is 5.84. The maximum atomic E-state index is 8.68. The van der Waals surface area contributed by atoms with Crippen LogP contribution in [0.1, 0.15) is 25.7 Å². The molecule has 1 aromatic heterocycles. The highest BCUT2D eigenvalue weighted by Gasteiger charge is 2.25. The Morgan fingerprint density at radius 1 is 1.68 bits per heavy atom. The first-order valence-electron chi connectivity index (χ1n) is 6.31. The summed E-state index contributed by atoms with van der Waals surface area (Å²) in [6, 6.07) is 0.276. The molecule has 19 heavy (non-hydrogen) atoms. The second-order valence-corrected chi connectivity index (χ2v) is 4.83. The summed E-state index contributed by atoms with van der Waals surface area (Å²) in [5, 5.41) is 15.9.